The second kappa shape index (κ2) is 9.12. The van der Waals surface area contributed by atoms with Gasteiger partial charge in [-0.05, 0) is 83.7 Å². The first-order valence-electron chi connectivity index (χ1n) is 17.0. The van der Waals surface area contributed by atoms with E-state index in [4.69, 9.17) is 0 Å². The van der Waals surface area contributed by atoms with Crippen molar-refractivity contribution >= 4 is 90.1 Å². The van der Waals surface area contributed by atoms with Crippen molar-refractivity contribution in [3.63, 3.8) is 0 Å². The standard InChI is InChI=1S/C44H27BN4/c1-3-13-28(14-4-1)46-34-19-9-7-17-31(34)32-26-25-30(27-40(32)46)47-36-21-11-23-38-41(36)45-42-37(47)22-12-24-39(42)49-35-20-10-8-18-33(35)43(44(45)49)48(38)29-15-5-2-6-16-29/h1-27H. The number of aromatic nitrogens is 2. The van der Waals surface area contributed by atoms with Crippen molar-refractivity contribution in [2.75, 3.05) is 9.80 Å². The predicted octanol–water partition coefficient (Wildman–Crippen LogP) is 9.12. The fraction of sp³-hybridized carbons (Fsp3) is 0. The fourth-order valence-electron chi connectivity index (χ4n) is 9.20. The average molecular weight is 623 g/mol. The molecule has 49 heavy (non-hydrogen) atoms. The quantitative estimate of drug-likeness (QED) is 0.183. The molecule has 0 spiro atoms. The van der Waals surface area contributed by atoms with Gasteiger partial charge in [0.1, 0.15) is 0 Å². The van der Waals surface area contributed by atoms with Gasteiger partial charge < -0.3 is 18.9 Å². The molecule has 0 bridgehead atoms. The summed E-state index contributed by atoms with van der Waals surface area (Å²) in [7, 11) is 0. The van der Waals surface area contributed by atoms with Crippen LogP contribution in [0.2, 0.25) is 0 Å². The summed E-state index contributed by atoms with van der Waals surface area (Å²) in [5, 5.41) is 3.81. The normalized spacial score (nSPS) is 13.6. The average Bonchev–Trinajstić information content (AvgIpc) is 3.81. The first-order chi connectivity index (χ1) is 24.4. The van der Waals surface area contributed by atoms with Crippen LogP contribution in [0.15, 0.2) is 164 Å². The van der Waals surface area contributed by atoms with Crippen LogP contribution in [0.4, 0.5) is 34.1 Å². The summed E-state index contributed by atoms with van der Waals surface area (Å²) in [6, 6.07) is 60.1. The highest BCUT2D eigenvalue weighted by Gasteiger charge is 2.50. The van der Waals surface area contributed by atoms with Gasteiger partial charge in [0.15, 0.2) is 0 Å². The van der Waals surface area contributed by atoms with E-state index in [1.807, 2.05) is 0 Å². The van der Waals surface area contributed by atoms with Gasteiger partial charge in [0.25, 0.3) is 6.71 Å². The van der Waals surface area contributed by atoms with Crippen molar-refractivity contribution in [3.8, 4) is 11.4 Å². The lowest BCUT2D eigenvalue weighted by molar-refractivity contribution is 1.18. The Morgan fingerprint density at radius 2 is 0.898 bits per heavy atom. The Balaban J connectivity index is 1.19. The molecule has 5 heteroatoms. The molecule has 0 amide bonds. The molecule has 0 saturated carbocycles. The van der Waals surface area contributed by atoms with Crippen molar-refractivity contribution in [1.29, 1.82) is 0 Å². The third-order valence-electron chi connectivity index (χ3n) is 11.0. The molecule has 0 atom stereocenters. The molecule has 2 aromatic heterocycles. The maximum atomic E-state index is 2.55. The second-order valence-corrected chi connectivity index (χ2v) is 13.3. The molecule has 4 nitrogen and oxygen atoms in total. The predicted molar refractivity (Wildman–Crippen MR) is 205 cm³/mol. The van der Waals surface area contributed by atoms with E-state index >= 15 is 0 Å². The van der Waals surface area contributed by atoms with Gasteiger partial charge in [-0.3, -0.25) is 0 Å². The third-order valence-corrected chi connectivity index (χ3v) is 11.0. The molecule has 12 rings (SSSR count). The van der Waals surface area contributed by atoms with Gasteiger partial charge in [0.05, 0.1) is 22.2 Å². The fourth-order valence-corrected chi connectivity index (χ4v) is 9.20. The molecule has 0 radical (unpaired) electrons. The summed E-state index contributed by atoms with van der Waals surface area (Å²) >= 11 is 0. The van der Waals surface area contributed by atoms with E-state index in [9.17, 15) is 0 Å². The highest BCUT2D eigenvalue weighted by atomic mass is 15.2. The van der Waals surface area contributed by atoms with E-state index in [0.717, 1.165) is 5.69 Å². The van der Waals surface area contributed by atoms with Gasteiger partial charge in [-0.15, -0.1) is 0 Å². The summed E-state index contributed by atoms with van der Waals surface area (Å²) in [6.07, 6.45) is 0. The van der Waals surface area contributed by atoms with E-state index in [1.54, 1.807) is 0 Å². The molecule has 0 N–H and O–H groups in total. The van der Waals surface area contributed by atoms with Crippen molar-refractivity contribution in [2.24, 2.45) is 0 Å². The molecular formula is C44H27BN4. The molecule has 226 valence electrons. The van der Waals surface area contributed by atoms with E-state index < -0.39 is 0 Å². The minimum atomic E-state index is 0.149. The Bertz CT molecular complexity index is 2850. The zero-order valence-electron chi connectivity index (χ0n) is 26.5. The summed E-state index contributed by atoms with van der Waals surface area (Å²) < 4.78 is 4.96. The maximum absolute atomic E-state index is 2.55. The summed E-state index contributed by atoms with van der Waals surface area (Å²) in [5.74, 6) is 0. The minimum absolute atomic E-state index is 0.149. The Morgan fingerprint density at radius 1 is 0.347 bits per heavy atom. The van der Waals surface area contributed by atoms with Gasteiger partial charge in [0, 0.05) is 61.6 Å². The van der Waals surface area contributed by atoms with Crippen molar-refractivity contribution in [3.05, 3.63) is 164 Å². The number of benzene rings is 7. The zero-order valence-corrected chi connectivity index (χ0v) is 26.5. The van der Waals surface area contributed by atoms with Gasteiger partial charge in [-0.25, -0.2) is 0 Å². The number of hydrogen-bond acceptors (Lipinski definition) is 2. The van der Waals surface area contributed by atoms with E-state index in [0.29, 0.717) is 0 Å². The van der Waals surface area contributed by atoms with Crippen LogP contribution in [0, 0.1) is 0 Å². The molecule has 3 aliphatic heterocycles. The van der Waals surface area contributed by atoms with Crippen LogP contribution in [-0.4, -0.2) is 15.8 Å². The van der Waals surface area contributed by atoms with Crippen LogP contribution >= 0.6 is 0 Å². The molecule has 7 aromatic carbocycles. The number of para-hydroxylation sites is 4. The molecule has 0 fully saturated rings. The van der Waals surface area contributed by atoms with Gasteiger partial charge in [-0.1, -0.05) is 91.0 Å². The van der Waals surface area contributed by atoms with E-state index in [-0.39, 0.29) is 6.71 Å². The SMILES string of the molecule is c1ccc(N2c3cccc4c3B3c5c(cccc5-n5c3c2c2ccccc25)N4c2ccc3c4ccccc4n(-c4ccccc4)c3c2)cc1. The largest absolute Gasteiger partial charge is 0.320 e. The molecule has 0 saturated heterocycles. The first kappa shape index (κ1) is 25.6. The summed E-state index contributed by atoms with van der Waals surface area (Å²) in [4.78, 5) is 5.03. The van der Waals surface area contributed by atoms with Crippen LogP contribution in [0.3, 0.4) is 0 Å². The topological polar surface area (TPSA) is 16.3 Å². The lowest BCUT2D eigenvalue weighted by Gasteiger charge is -2.41. The smallest absolute Gasteiger partial charge is 0.275 e. The number of fused-ring (bicyclic) bond motifs is 7. The van der Waals surface area contributed by atoms with Gasteiger partial charge in [0.2, 0.25) is 0 Å². The number of nitrogens with zero attached hydrogens (tertiary/aromatic N) is 4. The third kappa shape index (κ3) is 3.11. The minimum Gasteiger partial charge on any atom is -0.320 e. The van der Waals surface area contributed by atoms with E-state index in [2.05, 4.69) is 183 Å². The Morgan fingerprint density at radius 3 is 1.63 bits per heavy atom. The van der Waals surface area contributed by atoms with Gasteiger partial charge >= 0.3 is 0 Å². The molecule has 9 aromatic rings. The van der Waals surface area contributed by atoms with Crippen LogP contribution < -0.4 is 26.3 Å². The number of anilines is 6. The van der Waals surface area contributed by atoms with E-state index in [1.165, 1.54) is 89.0 Å². The molecule has 0 unspecified atom stereocenters. The first-order valence-corrected chi connectivity index (χ1v) is 17.0. The number of hydrogen-bond donors (Lipinski definition) is 0. The second-order valence-electron chi connectivity index (χ2n) is 13.3. The van der Waals surface area contributed by atoms with Crippen LogP contribution in [0.1, 0.15) is 0 Å². The summed E-state index contributed by atoms with van der Waals surface area (Å²) in [6.45, 7) is 0.149. The molecule has 5 heterocycles. The van der Waals surface area contributed by atoms with Crippen LogP contribution in [-0.2, 0) is 0 Å². The molecule has 3 aliphatic rings. The Labute approximate surface area is 283 Å². The van der Waals surface area contributed by atoms with Gasteiger partial charge in [-0.2, -0.15) is 0 Å². The summed E-state index contributed by atoms with van der Waals surface area (Å²) in [5.41, 5.74) is 17.6. The lowest BCUT2D eigenvalue weighted by Crippen LogP contribution is -2.59. The number of rotatable bonds is 3. The Kier molecular flexibility index (Phi) is 4.77. The van der Waals surface area contributed by atoms with Crippen molar-refractivity contribution < 1.29 is 0 Å². The monoisotopic (exact) mass is 622 g/mol. The highest BCUT2D eigenvalue weighted by molar-refractivity contribution is 7.02. The highest BCUT2D eigenvalue weighted by Crippen LogP contribution is 2.49. The lowest BCUT2D eigenvalue weighted by atomic mass is 9.36. The molecular weight excluding hydrogens is 595 g/mol. The zero-order chi connectivity index (χ0) is 31.8. The van der Waals surface area contributed by atoms with Crippen LogP contribution in [0.25, 0.3) is 44.1 Å². The van der Waals surface area contributed by atoms with Crippen LogP contribution in [0.5, 0.6) is 0 Å². The maximum Gasteiger partial charge on any atom is 0.275 e. The Hall–Kier alpha value is -6.46. The van der Waals surface area contributed by atoms with Crippen molar-refractivity contribution in [1.82, 2.24) is 9.13 Å². The van der Waals surface area contributed by atoms with Crippen molar-refractivity contribution in [2.45, 2.75) is 0 Å². The molecule has 0 aliphatic carbocycles.